The van der Waals surface area contributed by atoms with E-state index >= 15 is 0 Å². The van der Waals surface area contributed by atoms with Gasteiger partial charge >= 0.3 is 12.1 Å². The van der Waals surface area contributed by atoms with Gasteiger partial charge in [0.1, 0.15) is 11.8 Å². The Morgan fingerprint density at radius 2 is 2.10 bits per heavy atom. The Hall–Kier alpha value is -1.59. The van der Waals surface area contributed by atoms with E-state index in [-0.39, 0.29) is 13.2 Å². The molecule has 0 N–H and O–H groups in total. The number of nitrogens with zero attached hydrogens (tertiary/aromatic N) is 1. The summed E-state index contributed by atoms with van der Waals surface area (Å²) in [6.07, 6.45) is -0.407. The average molecular weight is 287 g/mol. The number of ether oxygens (including phenoxy) is 2. The standard InChI is InChI=1S/C14H22FNO4/c1-5-19-12(17)8-10-6-7-16(9-11(10)15)13(18)20-14(2,3)4/h8,11H,5-7,9H2,1-4H3/b10-8-/t11-/m0/s1. The van der Waals surface area contributed by atoms with Crippen LogP contribution in [0.5, 0.6) is 0 Å². The van der Waals surface area contributed by atoms with Crippen LogP contribution in [0.25, 0.3) is 0 Å². The summed E-state index contributed by atoms with van der Waals surface area (Å²) < 4.78 is 23.9. The second kappa shape index (κ2) is 6.72. The van der Waals surface area contributed by atoms with E-state index < -0.39 is 23.8 Å². The van der Waals surface area contributed by atoms with Crippen LogP contribution in [0.15, 0.2) is 11.6 Å². The Morgan fingerprint density at radius 1 is 1.45 bits per heavy atom. The molecule has 1 fully saturated rings. The first-order valence-corrected chi connectivity index (χ1v) is 6.72. The molecule has 6 heteroatoms. The predicted octanol–water partition coefficient (Wildman–Crippen LogP) is 2.45. The van der Waals surface area contributed by atoms with E-state index in [1.165, 1.54) is 11.0 Å². The minimum Gasteiger partial charge on any atom is -0.463 e. The number of halogens is 1. The SMILES string of the molecule is CCOC(=O)/C=C1/CCN(C(=O)OC(C)(C)C)C[C@@H]1F. The van der Waals surface area contributed by atoms with Crippen LogP contribution in [-0.2, 0) is 14.3 Å². The Bertz CT molecular complexity index is 400. The number of carbonyl (C=O) groups is 2. The average Bonchev–Trinajstić information content (AvgIpc) is 2.29. The maximum atomic E-state index is 14.0. The quantitative estimate of drug-likeness (QED) is 0.578. The number of rotatable bonds is 2. The maximum Gasteiger partial charge on any atom is 0.410 e. The molecule has 20 heavy (non-hydrogen) atoms. The van der Waals surface area contributed by atoms with Gasteiger partial charge in [-0.3, -0.25) is 0 Å². The minimum absolute atomic E-state index is 0.0971. The summed E-state index contributed by atoms with van der Waals surface area (Å²) in [5.41, 5.74) is -0.243. The predicted molar refractivity (Wildman–Crippen MR) is 72.0 cm³/mol. The van der Waals surface area contributed by atoms with Crippen molar-refractivity contribution >= 4 is 12.1 Å². The van der Waals surface area contributed by atoms with Crippen molar-refractivity contribution in [2.75, 3.05) is 19.7 Å². The summed E-state index contributed by atoms with van der Waals surface area (Å²) in [5, 5.41) is 0. The third-order valence-corrected chi connectivity index (χ3v) is 2.69. The molecule has 0 spiro atoms. The molecule has 1 saturated heterocycles. The van der Waals surface area contributed by atoms with E-state index in [1.807, 2.05) is 0 Å². The molecule has 1 amide bonds. The third-order valence-electron chi connectivity index (χ3n) is 2.69. The number of hydrogen-bond donors (Lipinski definition) is 0. The molecule has 114 valence electrons. The lowest BCUT2D eigenvalue weighted by Gasteiger charge is -2.32. The fourth-order valence-electron chi connectivity index (χ4n) is 1.81. The van der Waals surface area contributed by atoms with Gasteiger partial charge in [0.05, 0.1) is 13.2 Å². The van der Waals surface area contributed by atoms with Crippen molar-refractivity contribution < 1.29 is 23.5 Å². The molecule has 1 aliphatic heterocycles. The van der Waals surface area contributed by atoms with Gasteiger partial charge in [0.25, 0.3) is 0 Å². The minimum atomic E-state index is -1.36. The van der Waals surface area contributed by atoms with Crippen LogP contribution in [-0.4, -0.2) is 48.4 Å². The summed E-state index contributed by atoms with van der Waals surface area (Å²) in [6.45, 7) is 7.45. The molecule has 0 aromatic carbocycles. The van der Waals surface area contributed by atoms with E-state index in [9.17, 15) is 14.0 Å². The zero-order valence-corrected chi connectivity index (χ0v) is 12.4. The van der Waals surface area contributed by atoms with E-state index in [4.69, 9.17) is 9.47 Å². The Morgan fingerprint density at radius 3 is 2.60 bits per heavy atom. The van der Waals surface area contributed by atoms with Gasteiger partial charge in [-0.05, 0) is 39.7 Å². The van der Waals surface area contributed by atoms with Gasteiger partial charge in [0.2, 0.25) is 0 Å². The highest BCUT2D eigenvalue weighted by Crippen LogP contribution is 2.21. The molecule has 5 nitrogen and oxygen atoms in total. The second-order valence-electron chi connectivity index (χ2n) is 5.62. The molecule has 1 atom stereocenters. The zero-order valence-electron chi connectivity index (χ0n) is 12.4. The summed E-state index contributed by atoms with van der Waals surface area (Å²) in [5.74, 6) is -0.545. The smallest absolute Gasteiger partial charge is 0.410 e. The summed E-state index contributed by atoms with van der Waals surface area (Å²) in [4.78, 5) is 24.4. The summed E-state index contributed by atoms with van der Waals surface area (Å²) in [7, 11) is 0. The van der Waals surface area contributed by atoms with Gasteiger partial charge < -0.3 is 14.4 Å². The van der Waals surface area contributed by atoms with Crippen molar-refractivity contribution in [2.24, 2.45) is 0 Å². The zero-order chi connectivity index (χ0) is 15.3. The van der Waals surface area contributed by atoms with Crippen LogP contribution >= 0.6 is 0 Å². The fourth-order valence-corrected chi connectivity index (χ4v) is 1.81. The third kappa shape index (κ3) is 5.19. The molecule has 0 unspecified atom stereocenters. The van der Waals surface area contributed by atoms with Crippen molar-refractivity contribution in [2.45, 2.75) is 45.9 Å². The monoisotopic (exact) mass is 287 g/mol. The van der Waals surface area contributed by atoms with Gasteiger partial charge in [0.15, 0.2) is 0 Å². The molecule has 0 saturated carbocycles. The van der Waals surface area contributed by atoms with Crippen LogP contribution in [0.2, 0.25) is 0 Å². The van der Waals surface area contributed by atoms with E-state index in [1.54, 1.807) is 27.7 Å². The number of piperidine rings is 1. The van der Waals surface area contributed by atoms with E-state index in [2.05, 4.69) is 0 Å². The highest BCUT2D eigenvalue weighted by Gasteiger charge is 2.30. The van der Waals surface area contributed by atoms with Gasteiger partial charge in [-0.1, -0.05) is 0 Å². The van der Waals surface area contributed by atoms with Crippen LogP contribution < -0.4 is 0 Å². The normalized spacial score (nSPS) is 21.8. The van der Waals surface area contributed by atoms with Crippen molar-refractivity contribution in [3.63, 3.8) is 0 Å². The summed E-state index contributed by atoms with van der Waals surface area (Å²) >= 11 is 0. The van der Waals surface area contributed by atoms with Gasteiger partial charge in [-0.25, -0.2) is 14.0 Å². The second-order valence-corrected chi connectivity index (χ2v) is 5.62. The van der Waals surface area contributed by atoms with Crippen LogP contribution in [0.3, 0.4) is 0 Å². The molecule has 0 aliphatic carbocycles. The summed E-state index contributed by atoms with van der Waals surface area (Å²) in [6, 6.07) is 0. The first-order valence-electron chi connectivity index (χ1n) is 6.72. The lowest BCUT2D eigenvalue weighted by molar-refractivity contribution is -0.137. The van der Waals surface area contributed by atoms with E-state index in [0.717, 1.165) is 0 Å². The van der Waals surface area contributed by atoms with Crippen LogP contribution in [0.1, 0.15) is 34.1 Å². The number of amides is 1. The number of likely N-dealkylation sites (tertiary alicyclic amines) is 1. The van der Waals surface area contributed by atoms with Crippen LogP contribution in [0, 0.1) is 0 Å². The van der Waals surface area contributed by atoms with Gasteiger partial charge in [0, 0.05) is 12.6 Å². The Labute approximate surface area is 118 Å². The topological polar surface area (TPSA) is 55.8 Å². The number of hydrogen-bond acceptors (Lipinski definition) is 4. The number of carbonyl (C=O) groups excluding carboxylic acids is 2. The van der Waals surface area contributed by atoms with Crippen molar-refractivity contribution in [3.05, 3.63) is 11.6 Å². The molecule has 1 heterocycles. The van der Waals surface area contributed by atoms with Gasteiger partial charge in [-0.2, -0.15) is 0 Å². The molecule has 0 aromatic heterocycles. The van der Waals surface area contributed by atoms with E-state index in [0.29, 0.717) is 18.5 Å². The van der Waals surface area contributed by atoms with Crippen molar-refractivity contribution in [1.29, 1.82) is 0 Å². The Balaban J connectivity index is 2.59. The largest absolute Gasteiger partial charge is 0.463 e. The van der Waals surface area contributed by atoms with Crippen molar-refractivity contribution in [3.8, 4) is 0 Å². The first-order chi connectivity index (χ1) is 9.23. The molecular weight excluding hydrogens is 265 g/mol. The highest BCUT2D eigenvalue weighted by atomic mass is 19.1. The lowest BCUT2D eigenvalue weighted by Crippen LogP contribution is -2.44. The molecule has 1 rings (SSSR count). The maximum absolute atomic E-state index is 14.0. The molecule has 0 bridgehead atoms. The lowest BCUT2D eigenvalue weighted by atomic mass is 10.0. The van der Waals surface area contributed by atoms with Crippen LogP contribution in [0.4, 0.5) is 9.18 Å². The van der Waals surface area contributed by atoms with Crippen molar-refractivity contribution in [1.82, 2.24) is 4.90 Å². The molecule has 0 aromatic rings. The first kappa shape index (κ1) is 16.5. The highest BCUT2D eigenvalue weighted by molar-refractivity contribution is 5.83. The van der Waals surface area contributed by atoms with Gasteiger partial charge in [-0.15, -0.1) is 0 Å². The fraction of sp³-hybridized carbons (Fsp3) is 0.714. The molecule has 1 aliphatic rings. The number of alkyl halides is 1. The molecular formula is C14H22FNO4. The Kier molecular flexibility index (Phi) is 5.53. The molecule has 0 radical (unpaired) electrons. The number of esters is 1.